The second-order valence-corrected chi connectivity index (χ2v) is 8.72. The average Bonchev–Trinajstić information content (AvgIpc) is 2.70. The molecule has 0 radical (unpaired) electrons. The van der Waals surface area contributed by atoms with E-state index in [1.807, 2.05) is 43.0 Å². The lowest BCUT2D eigenvalue weighted by Gasteiger charge is -2.36. The van der Waals surface area contributed by atoms with E-state index >= 15 is 0 Å². The molecule has 0 saturated carbocycles. The molecule has 2 aromatic carbocycles. The van der Waals surface area contributed by atoms with Crippen LogP contribution in [0.2, 0.25) is 0 Å². The van der Waals surface area contributed by atoms with Crippen LogP contribution in [0.25, 0.3) is 0 Å². The molecule has 144 valence electrons. The summed E-state index contributed by atoms with van der Waals surface area (Å²) in [6.07, 6.45) is 0. The molecule has 0 unspecified atom stereocenters. The van der Waals surface area contributed by atoms with Gasteiger partial charge in [-0.2, -0.15) is 4.31 Å². The summed E-state index contributed by atoms with van der Waals surface area (Å²) in [6.45, 7) is 5.64. The monoisotopic (exact) mass is 387 g/mol. The second kappa shape index (κ2) is 8.21. The first kappa shape index (κ1) is 19.5. The molecule has 1 amide bonds. The highest BCUT2D eigenvalue weighted by atomic mass is 32.2. The van der Waals surface area contributed by atoms with Crippen LogP contribution in [0.3, 0.4) is 0 Å². The summed E-state index contributed by atoms with van der Waals surface area (Å²) in [4.78, 5) is 14.8. The topological polar surface area (TPSA) is 69.7 Å². The van der Waals surface area contributed by atoms with Gasteiger partial charge in [-0.3, -0.25) is 9.69 Å². The number of carbonyl (C=O) groups excluding carboxylic acids is 1. The van der Waals surface area contributed by atoms with Crippen LogP contribution >= 0.6 is 0 Å². The minimum absolute atomic E-state index is 0.0850. The van der Waals surface area contributed by atoms with Gasteiger partial charge in [-0.05, 0) is 38.1 Å². The lowest BCUT2D eigenvalue weighted by atomic mass is 10.2. The van der Waals surface area contributed by atoms with Crippen molar-refractivity contribution in [2.75, 3.05) is 31.5 Å². The van der Waals surface area contributed by atoms with Crippen molar-refractivity contribution in [3.05, 3.63) is 60.2 Å². The van der Waals surface area contributed by atoms with E-state index in [2.05, 4.69) is 5.32 Å². The van der Waals surface area contributed by atoms with Gasteiger partial charge in [0.1, 0.15) is 0 Å². The molecule has 6 nitrogen and oxygen atoms in total. The van der Waals surface area contributed by atoms with E-state index in [1.54, 1.807) is 30.3 Å². The fourth-order valence-electron chi connectivity index (χ4n) is 3.12. The Morgan fingerprint density at radius 1 is 0.963 bits per heavy atom. The molecule has 0 aromatic heterocycles. The number of amides is 1. The molecule has 0 aliphatic carbocycles. The Kier molecular flexibility index (Phi) is 5.94. The molecule has 1 aliphatic rings. The van der Waals surface area contributed by atoms with Gasteiger partial charge in [0.05, 0.1) is 10.9 Å². The highest BCUT2D eigenvalue weighted by molar-refractivity contribution is 7.89. The first-order valence-electron chi connectivity index (χ1n) is 9.05. The number of hydrogen-bond donors (Lipinski definition) is 1. The quantitative estimate of drug-likeness (QED) is 0.855. The van der Waals surface area contributed by atoms with Crippen LogP contribution < -0.4 is 5.32 Å². The Morgan fingerprint density at radius 2 is 1.56 bits per heavy atom. The number of hydrogen-bond acceptors (Lipinski definition) is 4. The summed E-state index contributed by atoms with van der Waals surface area (Å²) >= 11 is 0. The number of nitrogens with one attached hydrogen (secondary N) is 1. The second-order valence-electron chi connectivity index (χ2n) is 6.78. The molecule has 1 heterocycles. The van der Waals surface area contributed by atoms with Crippen molar-refractivity contribution in [3.8, 4) is 0 Å². The maximum absolute atomic E-state index is 12.7. The molecule has 2 aromatic rings. The van der Waals surface area contributed by atoms with Crippen molar-refractivity contribution in [2.45, 2.75) is 24.8 Å². The predicted octanol–water partition coefficient (Wildman–Crippen LogP) is 2.33. The summed E-state index contributed by atoms with van der Waals surface area (Å²) in [6, 6.07) is 15.8. The summed E-state index contributed by atoms with van der Waals surface area (Å²) in [5, 5.41) is 2.92. The van der Waals surface area contributed by atoms with Crippen molar-refractivity contribution in [3.63, 3.8) is 0 Å². The number of piperazine rings is 1. The zero-order chi connectivity index (χ0) is 19.4. The van der Waals surface area contributed by atoms with Gasteiger partial charge in [0, 0.05) is 31.9 Å². The van der Waals surface area contributed by atoms with E-state index in [0.29, 0.717) is 31.1 Å². The minimum Gasteiger partial charge on any atom is -0.325 e. The summed E-state index contributed by atoms with van der Waals surface area (Å²) in [5.41, 5.74) is 1.90. The highest BCUT2D eigenvalue weighted by Crippen LogP contribution is 2.18. The van der Waals surface area contributed by atoms with Crippen LogP contribution in [0.1, 0.15) is 12.5 Å². The number of sulfonamides is 1. The van der Waals surface area contributed by atoms with E-state index in [-0.39, 0.29) is 11.9 Å². The van der Waals surface area contributed by atoms with Gasteiger partial charge in [-0.1, -0.05) is 35.9 Å². The maximum Gasteiger partial charge on any atom is 0.243 e. The Hall–Kier alpha value is -2.22. The van der Waals surface area contributed by atoms with E-state index in [1.165, 1.54) is 4.31 Å². The smallest absolute Gasteiger partial charge is 0.243 e. The molecule has 1 fully saturated rings. The van der Waals surface area contributed by atoms with Gasteiger partial charge < -0.3 is 5.32 Å². The largest absolute Gasteiger partial charge is 0.325 e. The molecule has 1 N–H and O–H groups in total. The molecule has 3 rings (SSSR count). The maximum atomic E-state index is 12.7. The normalized spacial score (nSPS) is 17.4. The summed E-state index contributed by atoms with van der Waals surface area (Å²) < 4.78 is 26.9. The van der Waals surface area contributed by atoms with E-state index < -0.39 is 10.0 Å². The van der Waals surface area contributed by atoms with Gasteiger partial charge in [-0.15, -0.1) is 0 Å². The minimum atomic E-state index is -3.48. The molecule has 7 heteroatoms. The third-order valence-corrected chi connectivity index (χ3v) is 6.81. The van der Waals surface area contributed by atoms with Crippen molar-refractivity contribution in [1.29, 1.82) is 0 Å². The molecule has 27 heavy (non-hydrogen) atoms. The fraction of sp³-hybridized carbons (Fsp3) is 0.350. The van der Waals surface area contributed by atoms with Crippen molar-refractivity contribution >= 4 is 21.6 Å². The average molecular weight is 388 g/mol. The molecule has 1 atom stereocenters. The standard InChI is InChI=1S/C20H25N3O3S/c1-16-8-10-18(11-9-16)21-20(24)17(2)22-12-14-23(15-13-22)27(25,26)19-6-4-3-5-7-19/h3-11,17H,12-15H2,1-2H3,(H,21,24)/t17-/m0/s1. The van der Waals surface area contributed by atoms with Gasteiger partial charge in [0.25, 0.3) is 0 Å². The van der Waals surface area contributed by atoms with Crippen LogP contribution in [-0.2, 0) is 14.8 Å². The Labute approximate surface area is 160 Å². The number of carbonyl (C=O) groups is 1. The first-order valence-corrected chi connectivity index (χ1v) is 10.5. The van der Waals surface area contributed by atoms with Gasteiger partial charge in [-0.25, -0.2) is 8.42 Å². The summed E-state index contributed by atoms with van der Waals surface area (Å²) in [7, 11) is -3.48. The predicted molar refractivity (Wildman–Crippen MR) is 106 cm³/mol. The van der Waals surface area contributed by atoms with Crippen molar-refractivity contribution < 1.29 is 13.2 Å². The molecular weight excluding hydrogens is 362 g/mol. The molecule has 0 spiro atoms. The van der Waals surface area contributed by atoms with Crippen LogP contribution in [-0.4, -0.2) is 55.8 Å². The molecular formula is C20H25N3O3S. The Bertz CT molecular complexity index is 874. The van der Waals surface area contributed by atoms with E-state index in [9.17, 15) is 13.2 Å². The number of nitrogens with zero attached hydrogens (tertiary/aromatic N) is 2. The van der Waals surface area contributed by atoms with Crippen LogP contribution in [0.5, 0.6) is 0 Å². The lowest BCUT2D eigenvalue weighted by molar-refractivity contribution is -0.121. The van der Waals surface area contributed by atoms with E-state index in [0.717, 1.165) is 11.3 Å². The zero-order valence-corrected chi connectivity index (χ0v) is 16.4. The Balaban J connectivity index is 1.58. The zero-order valence-electron chi connectivity index (χ0n) is 15.6. The third kappa shape index (κ3) is 4.55. The third-order valence-electron chi connectivity index (χ3n) is 4.90. The number of anilines is 1. The molecule has 0 bridgehead atoms. The number of aryl methyl sites for hydroxylation is 1. The number of rotatable bonds is 5. The fourth-order valence-corrected chi connectivity index (χ4v) is 4.57. The van der Waals surface area contributed by atoms with Crippen molar-refractivity contribution in [2.24, 2.45) is 0 Å². The molecule has 1 aliphatic heterocycles. The lowest BCUT2D eigenvalue weighted by Crippen LogP contribution is -2.53. The first-order chi connectivity index (χ1) is 12.9. The van der Waals surface area contributed by atoms with E-state index in [4.69, 9.17) is 0 Å². The van der Waals surface area contributed by atoms with Gasteiger partial charge in [0.15, 0.2) is 0 Å². The SMILES string of the molecule is Cc1ccc(NC(=O)[C@H](C)N2CCN(S(=O)(=O)c3ccccc3)CC2)cc1. The van der Waals surface area contributed by atoms with Crippen LogP contribution in [0, 0.1) is 6.92 Å². The van der Waals surface area contributed by atoms with Gasteiger partial charge in [0.2, 0.25) is 15.9 Å². The van der Waals surface area contributed by atoms with Crippen LogP contribution in [0.4, 0.5) is 5.69 Å². The number of benzene rings is 2. The summed E-state index contributed by atoms with van der Waals surface area (Å²) in [5.74, 6) is -0.0850. The van der Waals surface area contributed by atoms with Crippen molar-refractivity contribution in [1.82, 2.24) is 9.21 Å². The Morgan fingerprint density at radius 3 is 2.15 bits per heavy atom. The molecule has 1 saturated heterocycles. The van der Waals surface area contributed by atoms with Crippen LogP contribution in [0.15, 0.2) is 59.5 Å². The van der Waals surface area contributed by atoms with Gasteiger partial charge >= 0.3 is 0 Å². The highest BCUT2D eigenvalue weighted by Gasteiger charge is 2.31.